The van der Waals surface area contributed by atoms with Crippen LogP contribution >= 0.6 is 0 Å². The fourth-order valence-electron chi connectivity index (χ4n) is 3.17. The lowest BCUT2D eigenvalue weighted by atomic mass is 9.78. The number of halogens is 3. The molecule has 3 nitrogen and oxygen atoms in total. The van der Waals surface area contributed by atoms with E-state index in [0.29, 0.717) is 6.42 Å². The van der Waals surface area contributed by atoms with Gasteiger partial charge in [0, 0.05) is 5.69 Å². The summed E-state index contributed by atoms with van der Waals surface area (Å²) in [6.07, 6.45) is -3.45. The van der Waals surface area contributed by atoms with E-state index in [0.717, 1.165) is 28.8 Å². The minimum Gasteiger partial charge on any atom is -0.406 e. The lowest BCUT2D eigenvalue weighted by Crippen LogP contribution is -2.33. The Morgan fingerprint density at radius 1 is 1.08 bits per heavy atom. The predicted molar refractivity (Wildman–Crippen MR) is 88.6 cm³/mol. The Morgan fingerprint density at radius 2 is 1.72 bits per heavy atom. The van der Waals surface area contributed by atoms with Crippen molar-refractivity contribution in [2.75, 3.05) is 5.32 Å². The zero-order valence-corrected chi connectivity index (χ0v) is 13.9. The second-order valence-electron chi connectivity index (χ2n) is 6.39. The molecule has 1 atom stereocenters. The number of ether oxygens (including phenoxy) is 1. The maximum atomic E-state index is 12.5. The number of benzene rings is 2. The molecule has 1 heterocycles. The van der Waals surface area contributed by atoms with Crippen molar-refractivity contribution in [3.63, 3.8) is 0 Å². The van der Waals surface area contributed by atoms with Crippen LogP contribution in [0.5, 0.6) is 5.75 Å². The Hall–Kier alpha value is -2.50. The maximum Gasteiger partial charge on any atom is 0.573 e. The van der Waals surface area contributed by atoms with Crippen LogP contribution in [0.3, 0.4) is 0 Å². The standard InChI is InChI=1S/C19H18F3NO2/c1-3-12-6-9-15-16(10-12)23-17(24)18(15,2)11-13-4-7-14(8-5-13)25-19(20,21)22/h4-10H,3,11H2,1-2H3,(H,23,24). The van der Waals surface area contributed by atoms with Gasteiger partial charge in [-0.05, 0) is 54.7 Å². The van der Waals surface area contributed by atoms with Crippen LogP contribution in [0.2, 0.25) is 0 Å². The summed E-state index contributed by atoms with van der Waals surface area (Å²) in [6, 6.07) is 11.6. The summed E-state index contributed by atoms with van der Waals surface area (Å²) >= 11 is 0. The molecule has 25 heavy (non-hydrogen) atoms. The van der Waals surface area contributed by atoms with Gasteiger partial charge in [-0.25, -0.2) is 0 Å². The van der Waals surface area contributed by atoms with E-state index < -0.39 is 11.8 Å². The van der Waals surface area contributed by atoms with E-state index in [1.54, 1.807) is 12.1 Å². The van der Waals surface area contributed by atoms with Crippen LogP contribution < -0.4 is 10.1 Å². The van der Waals surface area contributed by atoms with Gasteiger partial charge in [-0.15, -0.1) is 13.2 Å². The van der Waals surface area contributed by atoms with Crippen molar-refractivity contribution in [2.24, 2.45) is 0 Å². The molecule has 1 unspecified atom stereocenters. The van der Waals surface area contributed by atoms with E-state index in [9.17, 15) is 18.0 Å². The highest BCUT2D eigenvalue weighted by molar-refractivity contribution is 6.06. The molecule has 2 aromatic carbocycles. The first-order valence-corrected chi connectivity index (χ1v) is 8.01. The summed E-state index contributed by atoms with van der Waals surface area (Å²) in [7, 11) is 0. The summed E-state index contributed by atoms with van der Waals surface area (Å²) in [6.45, 7) is 3.89. The molecular formula is C19H18F3NO2. The molecule has 1 aliphatic heterocycles. The first-order valence-electron chi connectivity index (χ1n) is 8.01. The van der Waals surface area contributed by atoms with E-state index in [4.69, 9.17) is 0 Å². The van der Waals surface area contributed by atoms with E-state index in [2.05, 4.69) is 10.1 Å². The molecule has 0 fully saturated rings. The molecule has 1 aliphatic rings. The van der Waals surface area contributed by atoms with Gasteiger partial charge in [0.1, 0.15) is 5.75 Å². The molecule has 0 aliphatic carbocycles. The van der Waals surface area contributed by atoms with Gasteiger partial charge in [0.25, 0.3) is 0 Å². The van der Waals surface area contributed by atoms with Crippen LogP contribution in [-0.2, 0) is 23.1 Å². The second-order valence-corrected chi connectivity index (χ2v) is 6.39. The summed E-state index contributed by atoms with van der Waals surface area (Å²) in [5.41, 5.74) is 2.86. The van der Waals surface area contributed by atoms with Crippen molar-refractivity contribution in [1.29, 1.82) is 0 Å². The van der Waals surface area contributed by atoms with E-state index in [1.807, 2.05) is 32.0 Å². The van der Waals surface area contributed by atoms with Gasteiger partial charge in [-0.1, -0.05) is 31.2 Å². The first kappa shape index (κ1) is 17.3. The van der Waals surface area contributed by atoms with E-state index >= 15 is 0 Å². The van der Waals surface area contributed by atoms with Gasteiger partial charge in [-0.2, -0.15) is 0 Å². The molecule has 0 saturated carbocycles. The summed E-state index contributed by atoms with van der Waals surface area (Å²) in [5, 5.41) is 2.91. The quantitative estimate of drug-likeness (QED) is 0.876. The number of fused-ring (bicyclic) bond motifs is 1. The third-order valence-corrected chi connectivity index (χ3v) is 4.55. The van der Waals surface area contributed by atoms with Crippen molar-refractivity contribution >= 4 is 11.6 Å². The van der Waals surface area contributed by atoms with Gasteiger partial charge in [0.15, 0.2) is 0 Å². The maximum absolute atomic E-state index is 12.5. The van der Waals surface area contributed by atoms with Crippen molar-refractivity contribution in [1.82, 2.24) is 0 Å². The molecule has 0 saturated heterocycles. The summed E-state index contributed by atoms with van der Waals surface area (Å²) in [4.78, 5) is 12.5. The third-order valence-electron chi connectivity index (χ3n) is 4.55. The van der Waals surface area contributed by atoms with Gasteiger partial charge in [0.05, 0.1) is 5.41 Å². The van der Waals surface area contributed by atoms with E-state index in [1.165, 1.54) is 12.1 Å². The topological polar surface area (TPSA) is 38.3 Å². The predicted octanol–water partition coefficient (Wildman–Crippen LogP) is 4.60. The lowest BCUT2D eigenvalue weighted by molar-refractivity contribution is -0.274. The van der Waals surface area contributed by atoms with Gasteiger partial charge >= 0.3 is 6.36 Å². The van der Waals surface area contributed by atoms with Crippen LogP contribution in [0, 0.1) is 0 Å². The first-order chi connectivity index (χ1) is 11.7. The second kappa shape index (κ2) is 6.10. The zero-order valence-electron chi connectivity index (χ0n) is 13.9. The number of nitrogens with one attached hydrogen (secondary N) is 1. The fourth-order valence-corrected chi connectivity index (χ4v) is 3.17. The Labute approximate surface area is 143 Å². The number of carbonyl (C=O) groups excluding carboxylic acids is 1. The number of anilines is 1. The van der Waals surface area contributed by atoms with E-state index in [-0.39, 0.29) is 11.7 Å². The SMILES string of the molecule is CCc1ccc2c(c1)NC(=O)C2(C)Cc1ccc(OC(F)(F)F)cc1. The van der Waals surface area contributed by atoms with Gasteiger partial charge in [0.2, 0.25) is 5.91 Å². The highest BCUT2D eigenvalue weighted by Crippen LogP contribution is 2.40. The summed E-state index contributed by atoms with van der Waals surface area (Å²) in [5.74, 6) is -0.378. The molecule has 1 N–H and O–H groups in total. The van der Waals surface area contributed by atoms with Crippen molar-refractivity contribution in [3.8, 4) is 5.75 Å². The van der Waals surface area contributed by atoms with Crippen LogP contribution in [0.4, 0.5) is 18.9 Å². The molecule has 0 aromatic heterocycles. The minimum absolute atomic E-state index is 0.105. The van der Waals surface area contributed by atoms with Crippen LogP contribution in [0.25, 0.3) is 0 Å². The van der Waals surface area contributed by atoms with Crippen molar-refractivity contribution < 1.29 is 22.7 Å². The number of carbonyl (C=O) groups is 1. The largest absolute Gasteiger partial charge is 0.573 e. The highest BCUT2D eigenvalue weighted by Gasteiger charge is 2.42. The number of alkyl halides is 3. The summed E-state index contributed by atoms with van der Waals surface area (Å²) < 4.78 is 40.6. The third kappa shape index (κ3) is 3.48. The number of hydrogen-bond donors (Lipinski definition) is 1. The molecule has 6 heteroatoms. The molecule has 0 spiro atoms. The highest BCUT2D eigenvalue weighted by atomic mass is 19.4. The Bertz CT molecular complexity index is 799. The molecule has 3 rings (SSSR count). The molecular weight excluding hydrogens is 331 g/mol. The molecule has 1 amide bonds. The van der Waals surface area contributed by atoms with Crippen LogP contribution in [-0.4, -0.2) is 12.3 Å². The smallest absolute Gasteiger partial charge is 0.406 e. The zero-order chi connectivity index (χ0) is 18.2. The van der Waals surface area contributed by atoms with Gasteiger partial charge < -0.3 is 10.1 Å². The lowest BCUT2D eigenvalue weighted by Gasteiger charge is -2.22. The van der Waals surface area contributed by atoms with Crippen LogP contribution in [0.15, 0.2) is 42.5 Å². The average Bonchev–Trinajstić information content (AvgIpc) is 2.78. The average molecular weight is 349 g/mol. The number of aryl methyl sites for hydroxylation is 1. The Kier molecular flexibility index (Phi) is 4.22. The number of rotatable bonds is 4. The Balaban J connectivity index is 1.84. The van der Waals surface area contributed by atoms with Crippen molar-refractivity contribution in [3.05, 3.63) is 59.2 Å². The van der Waals surface area contributed by atoms with Crippen LogP contribution in [0.1, 0.15) is 30.5 Å². The van der Waals surface area contributed by atoms with Crippen molar-refractivity contribution in [2.45, 2.75) is 38.5 Å². The van der Waals surface area contributed by atoms with Gasteiger partial charge in [-0.3, -0.25) is 4.79 Å². The number of amides is 1. The monoisotopic (exact) mass is 349 g/mol. The molecule has 0 bridgehead atoms. The minimum atomic E-state index is -4.71. The Morgan fingerprint density at radius 3 is 2.32 bits per heavy atom. The molecule has 0 radical (unpaired) electrons. The molecule has 132 valence electrons. The normalized spacial score (nSPS) is 19.5. The fraction of sp³-hybridized carbons (Fsp3) is 0.316. The molecule has 2 aromatic rings. The number of hydrogen-bond acceptors (Lipinski definition) is 2.